The van der Waals surface area contributed by atoms with Gasteiger partial charge in [0.05, 0.1) is 17.3 Å². The summed E-state index contributed by atoms with van der Waals surface area (Å²) in [6.07, 6.45) is 0. The van der Waals surface area contributed by atoms with Crippen LogP contribution < -0.4 is 15.4 Å². The summed E-state index contributed by atoms with van der Waals surface area (Å²) in [6, 6.07) is 5.43. The van der Waals surface area contributed by atoms with E-state index in [9.17, 15) is 4.79 Å². The average molecular weight is 307 g/mol. The number of benzene rings is 1. The molecule has 2 rings (SSSR count). The van der Waals surface area contributed by atoms with Crippen LogP contribution in [0.25, 0.3) is 10.2 Å². The number of fused-ring (bicyclic) bond motifs is 1. The van der Waals surface area contributed by atoms with E-state index in [0.717, 1.165) is 21.1 Å². The third-order valence-electron chi connectivity index (χ3n) is 3.01. The number of amides is 1. The molecule has 1 aromatic heterocycles. The van der Waals surface area contributed by atoms with Gasteiger partial charge in [-0.25, -0.2) is 4.98 Å². The van der Waals surface area contributed by atoms with E-state index in [2.05, 4.69) is 29.5 Å². The normalized spacial score (nSPS) is 12.4. The predicted octanol–water partition coefficient (Wildman–Crippen LogP) is 2.88. The van der Waals surface area contributed by atoms with Gasteiger partial charge in [-0.05, 0) is 31.0 Å². The molecule has 0 aliphatic rings. The third-order valence-corrected chi connectivity index (χ3v) is 3.96. The Hall–Kier alpha value is -1.82. The van der Waals surface area contributed by atoms with Crippen molar-refractivity contribution in [3.8, 4) is 5.75 Å². The van der Waals surface area contributed by atoms with Gasteiger partial charge in [0, 0.05) is 6.54 Å². The lowest BCUT2D eigenvalue weighted by Gasteiger charge is -2.14. The maximum Gasteiger partial charge on any atom is 0.242 e. The Morgan fingerprint density at radius 3 is 2.81 bits per heavy atom. The Kier molecular flexibility index (Phi) is 5.01. The number of anilines is 1. The molecule has 0 aliphatic carbocycles. The van der Waals surface area contributed by atoms with Gasteiger partial charge in [0.15, 0.2) is 5.13 Å². The van der Waals surface area contributed by atoms with Crippen LogP contribution in [0.4, 0.5) is 5.13 Å². The van der Waals surface area contributed by atoms with Crippen LogP contribution in [-0.4, -0.2) is 30.6 Å². The fourth-order valence-electron chi connectivity index (χ4n) is 1.80. The summed E-state index contributed by atoms with van der Waals surface area (Å²) in [6.45, 7) is 6.66. The van der Waals surface area contributed by atoms with Crippen molar-refractivity contribution in [2.24, 2.45) is 5.92 Å². The molecule has 1 aromatic carbocycles. The first-order chi connectivity index (χ1) is 9.99. The number of hydrogen-bond donors (Lipinski definition) is 2. The number of rotatable bonds is 6. The molecule has 0 bridgehead atoms. The van der Waals surface area contributed by atoms with Gasteiger partial charge in [0.2, 0.25) is 5.91 Å². The molecule has 1 unspecified atom stereocenters. The highest BCUT2D eigenvalue weighted by Crippen LogP contribution is 2.29. The van der Waals surface area contributed by atoms with Gasteiger partial charge >= 0.3 is 0 Å². The van der Waals surface area contributed by atoms with Crippen molar-refractivity contribution in [1.29, 1.82) is 0 Å². The quantitative estimate of drug-likeness (QED) is 0.861. The number of nitrogens with zero attached hydrogens (tertiary/aromatic N) is 1. The van der Waals surface area contributed by atoms with Crippen molar-refractivity contribution >= 4 is 32.6 Å². The van der Waals surface area contributed by atoms with Crippen LogP contribution >= 0.6 is 11.3 Å². The Labute approximate surface area is 128 Å². The molecule has 1 atom stereocenters. The van der Waals surface area contributed by atoms with Gasteiger partial charge in [-0.15, -0.1) is 0 Å². The van der Waals surface area contributed by atoms with E-state index in [1.165, 1.54) is 11.3 Å². The highest BCUT2D eigenvalue weighted by Gasteiger charge is 2.14. The van der Waals surface area contributed by atoms with Gasteiger partial charge < -0.3 is 15.4 Å². The molecule has 2 N–H and O–H groups in total. The monoisotopic (exact) mass is 307 g/mol. The second-order valence-corrected chi connectivity index (χ2v) is 6.39. The molecular formula is C15H21N3O2S. The second kappa shape index (κ2) is 6.76. The number of hydrogen-bond acceptors (Lipinski definition) is 5. The summed E-state index contributed by atoms with van der Waals surface area (Å²) in [4.78, 5) is 16.4. The van der Waals surface area contributed by atoms with Gasteiger partial charge in [-0.2, -0.15) is 0 Å². The number of ether oxygens (including phenoxy) is 1. The number of thiazole rings is 1. The number of carbonyl (C=O) groups is 1. The third kappa shape index (κ3) is 4.07. The molecule has 0 fully saturated rings. The Bertz CT molecular complexity index is 624. The standard InChI is InChI=1S/C15H21N3O2S/c1-9(2)8-16-14(19)10(3)17-15-18-12-6-5-11(20-4)7-13(12)21-15/h5-7,9-10H,8H2,1-4H3,(H,16,19)(H,17,18). The zero-order valence-corrected chi connectivity index (χ0v) is 13.6. The van der Waals surface area contributed by atoms with Crippen molar-refractivity contribution in [3.63, 3.8) is 0 Å². The molecule has 0 radical (unpaired) electrons. The molecule has 5 nitrogen and oxygen atoms in total. The molecule has 6 heteroatoms. The summed E-state index contributed by atoms with van der Waals surface area (Å²) < 4.78 is 6.23. The van der Waals surface area contributed by atoms with Crippen LogP contribution in [-0.2, 0) is 4.79 Å². The van der Waals surface area contributed by atoms with Crippen LogP contribution in [0.1, 0.15) is 20.8 Å². The van der Waals surface area contributed by atoms with Crippen LogP contribution in [0.3, 0.4) is 0 Å². The van der Waals surface area contributed by atoms with E-state index < -0.39 is 0 Å². The van der Waals surface area contributed by atoms with Crippen molar-refractivity contribution < 1.29 is 9.53 Å². The summed E-state index contributed by atoms with van der Waals surface area (Å²) in [7, 11) is 1.64. The topological polar surface area (TPSA) is 63.2 Å². The van der Waals surface area contributed by atoms with E-state index in [1.54, 1.807) is 7.11 Å². The van der Waals surface area contributed by atoms with E-state index in [1.807, 2.05) is 25.1 Å². The number of carbonyl (C=O) groups excluding carboxylic acids is 1. The first-order valence-corrected chi connectivity index (χ1v) is 7.80. The van der Waals surface area contributed by atoms with E-state index >= 15 is 0 Å². The van der Waals surface area contributed by atoms with Gasteiger partial charge in [0.1, 0.15) is 11.8 Å². The summed E-state index contributed by atoms with van der Waals surface area (Å²) >= 11 is 1.51. The van der Waals surface area contributed by atoms with Crippen molar-refractivity contribution in [2.45, 2.75) is 26.8 Å². The Morgan fingerprint density at radius 1 is 1.38 bits per heavy atom. The lowest BCUT2D eigenvalue weighted by Crippen LogP contribution is -2.39. The number of nitrogens with one attached hydrogen (secondary N) is 2. The minimum atomic E-state index is -0.314. The fraction of sp³-hybridized carbons (Fsp3) is 0.467. The minimum Gasteiger partial charge on any atom is -0.497 e. The van der Waals surface area contributed by atoms with E-state index in [-0.39, 0.29) is 11.9 Å². The highest BCUT2D eigenvalue weighted by atomic mass is 32.1. The smallest absolute Gasteiger partial charge is 0.242 e. The molecule has 1 heterocycles. The minimum absolute atomic E-state index is 0.0134. The lowest BCUT2D eigenvalue weighted by molar-refractivity contribution is -0.121. The SMILES string of the molecule is COc1ccc2nc(NC(C)C(=O)NCC(C)C)sc2c1. The maximum absolute atomic E-state index is 12.0. The first kappa shape index (κ1) is 15.6. The molecule has 0 spiro atoms. The maximum atomic E-state index is 12.0. The molecule has 114 valence electrons. The van der Waals surface area contributed by atoms with Crippen molar-refractivity contribution in [3.05, 3.63) is 18.2 Å². The molecule has 1 amide bonds. The molecule has 0 aliphatic heterocycles. The molecule has 21 heavy (non-hydrogen) atoms. The van der Waals surface area contributed by atoms with Crippen LogP contribution in [0.5, 0.6) is 5.75 Å². The summed E-state index contributed by atoms with van der Waals surface area (Å²) in [5.41, 5.74) is 0.901. The van der Waals surface area contributed by atoms with Gasteiger partial charge in [-0.3, -0.25) is 4.79 Å². The van der Waals surface area contributed by atoms with E-state index in [4.69, 9.17) is 4.74 Å². The molecule has 0 saturated carbocycles. The molecular weight excluding hydrogens is 286 g/mol. The first-order valence-electron chi connectivity index (χ1n) is 6.98. The largest absolute Gasteiger partial charge is 0.497 e. The zero-order valence-electron chi connectivity index (χ0n) is 12.8. The fourth-order valence-corrected chi connectivity index (χ4v) is 2.78. The van der Waals surface area contributed by atoms with Crippen molar-refractivity contribution in [1.82, 2.24) is 10.3 Å². The van der Waals surface area contributed by atoms with Gasteiger partial charge in [0.25, 0.3) is 0 Å². The number of methoxy groups -OCH3 is 1. The molecule has 2 aromatic rings. The highest BCUT2D eigenvalue weighted by molar-refractivity contribution is 7.22. The predicted molar refractivity (Wildman–Crippen MR) is 87.1 cm³/mol. The number of aromatic nitrogens is 1. The van der Waals surface area contributed by atoms with E-state index in [0.29, 0.717) is 12.5 Å². The van der Waals surface area contributed by atoms with Gasteiger partial charge in [-0.1, -0.05) is 25.2 Å². The van der Waals surface area contributed by atoms with Crippen LogP contribution in [0.2, 0.25) is 0 Å². The second-order valence-electron chi connectivity index (χ2n) is 5.36. The lowest BCUT2D eigenvalue weighted by atomic mass is 10.2. The zero-order chi connectivity index (χ0) is 15.4. The summed E-state index contributed by atoms with van der Waals surface area (Å²) in [5.74, 6) is 1.23. The van der Waals surface area contributed by atoms with Crippen LogP contribution in [0.15, 0.2) is 18.2 Å². The summed E-state index contributed by atoms with van der Waals surface area (Å²) in [5, 5.41) is 6.80. The molecule has 0 saturated heterocycles. The Morgan fingerprint density at radius 2 is 2.14 bits per heavy atom. The average Bonchev–Trinajstić information content (AvgIpc) is 2.85. The van der Waals surface area contributed by atoms with Crippen molar-refractivity contribution in [2.75, 3.05) is 19.0 Å². The van der Waals surface area contributed by atoms with Crippen LogP contribution in [0, 0.1) is 5.92 Å². The Balaban J connectivity index is 2.03.